The summed E-state index contributed by atoms with van der Waals surface area (Å²) in [4.78, 5) is 73.0. The van der Waals surface area contributed by atoms with Gasteiger partial charge in [-0.25, -0.2) is 9.13 Å². The molecule has 0 fully saturated rings. The van der Waals surface area contributed by atoms with Gasteiger partial charge in [-0.3, -0.25) is 37.3 Å². The summed E-state index contributed by atoms with van der Waals surface area (Å²) in [6.45, 7) is 9.68. The number of aliphatic hydroxyl groups excluding tert-OH is 1. The lowest BCUT2D eigenvalue weighted by Gasteiger charge is -2.21. The number of aliphatic hydroxyl groups is 1. The van der Waals surface area contributed by atoms with Crippen LogP contribution in [0.25, 0.3) is 0 Å². The summed E-state index contributed by atoms with van der Waals surface area (Å²) in [6, 6.07) is 0. The van der Waals surface area contributed by atoms with E-state index in [1.807, 2.05) is 0 Å². The lowest BCUT2D eigenvalue weighted by atomic mass is 9.99. The fourth-order valence-corrected chi connectivity index (χ4v) is 14.3. The average molecular weight is 1480 g/mol. The molecular formula is C82H160O17P2. The molecule has 0 radical (unpaired) electrons. The van der Waals surface area contributed by atoms with Gasteiger partial charge in [0.15, 0.2) is 12.2 Å². The summed E-state index contributed by atoms with van der Waals surface area (Å²) < 4.78 is 68.7. The van der Waals surface area contributed by atoms with Crippen molar-refractivity contribution < 1.29 is 80.2 Å². The third-order valence-corrected chi connectivity index (χ3v) is 21.5. The fourth-order valence-electron chi connectivity index (χ4n) is 12.7. The van der Waals surface area contributed by atoms with E-state index >= 15 is 0 Å². The maximum Gasteiger partial charge on any atom is 0.472 e. The summed E-state index contributed by atoms with van der Waals surface area (Å²) in [5.74, 6) is -0.506. The van der Waals surface area contributed by atoms with Crippen LogP contribution in [0.1, 0.15) is 433 Å². The SMILES string of the molecule is CCCCCCCCCCCCCCCCCCCCCCC(=O)O[C@H](COC(=O)CCCCCCCCCCCCCCCCC(C)CC)COP(=O)(O)OC[C@@H](O)COP(=O)(O)OC[C@@H](COC(=O)CCCCCCCCCCCC)OC(=O)CCCCCCCCCCCCC(C)C. The van der Waals surface area contributed by atoms with Gasteiger partial charge in [0, 0.05) is 25.7 Å². The van der Waals surface area contributed by atoms with Crippen LogP contribution in [0.4, 0.5) is 0 Å². The van der Waals surface area contributed by atoms with Gasteiger partial charge in [-0.05, 0) is 37.5 Å². The summed E-state index contributed by atoms with van der Waals surface area (Å²) in [5.41, 5.74) is 0. The minimum atomic E-state index is -4.96. The number of carbonyl (C=O) groups is 4. The monoisotopic (exact) mass is 1480 g/mol. The van der Waals surface area contributed by atoms with E-state index in [9.17, 15) is 43.2 Å². The van der Waals surface area contributed by atoms with Crippen LogP contribution in [0.3, 0.4) is 0 Å². The third kappa shape index (κ3) is 74.7. The molecule has 3 unspecified atom stereocenters. The Balaban J connectivity index is 5.23. The second kappa shape index (κ2) is 73.6. The van der Waals surface area contributed by atoms with Gasteiger partial charge in [-0.15, -0.1) is 0 Å². The molecule has 0 rings (SSSR count). The molecule has 101 heavy (non-hydrogen) atoms. The van der Waals surface area contributed by atoms with E-state index in [-0.39, 0.29) is 25.7 Å². The lowest BCUT2D eigenvalue weighted by Crippen LogP contribution is -2.30. The van der Waals surface area contributed by atoms with Gasteiger partial charge >= 0.3 is 39.5 Å². The van der Waals surface area contributed by atoms with Crippen LogP contribution >= 0.6 is 15.6 Å². The highest BCUT2D eigenvalue weighted by Gasteiger charge is 2.30. The second-order valence-electron chi connectivity index (χ2n) is 30.2. The second-order valence-corrected chi connectivity index (χ2v) is 33.1. The Morgan fingerprint density at radius 3 is 0.752 bits per heavy atom. The molecule has 0 aliphatic rings. The van der Waals surface area contributed by atoms with Crippen LogP contribution < -0.4 is 0 Å². The number of carbonyl (C=O) groups excluding carboxylic acids is 4. The maximum absolute atomic E-state index is 13.1. The van der Waals surface area contributed by atoms with E-state index in [1.165, 1.54) is 250 Å². The van der Waals surface area contributed by atoms with Gasteiger partial charge in [0.1, 0.15) is 19.3 Å². The van der Waals surface area contributed by atoms with Gasteiger partial charge in [0.05, 0.1) is 26.4 Å². The van der Waals surface area contributed by atoms with Crippen LogP contribution in [-0.2, 0) is 65.4 Å². The van der Waals surface area contributed by atoms with Crippen molar-refractivity contribution in [3.05, 3.63) is 0 Å². The summed E-state index contributed by atoms with van der Waals surface area (Å²) in [6.07, 6.45) is 63.8. The lowest BCUT2D eigenvalue weighted by molar-refractivity contribution is -0.161. The Morgan fingerprint density at radius 2 is 0.505 bits per heavy atom. The minimum absolute atomic E-state index is 0.106. The predicted octanol–water partition coefficient (Wildman–Crippen LogP) is 24.7. The van der Waals surface area contributed by atoms with Crippen molar-refractivity contribution in [1.29, 1.82) is 0 Å². The Morgan fingerprint density at radius 1 is 0.287 bits per heavy atom. The first-order chi connectivity index (χ1) is 48.9. The van der Waals surface area contributed by atoms with Gasteiger partial charge < -0.3 is 33.8 Å². The van der Waals surface area contributed by atoms with Crippen molar-refractivity contribution in [2.75, 3.05) is 39.6 Å². The van der Waals surface area contributed by atoms with E-state index < -0.39 is 97.5 Å². The number of unbranched alkanes of at least 4 members (excludes halogenated alkanes) is 50. The smallest absolute Gasteiger partial charge is 0.462 e. The van der Waals surface area contributed by atoms with Crippen molar-refractivity contribution >= 4 is 39.5 Å². The zero-order valence-corrected chi connectivity index (χ0v) is 68.0. The quantitative estimate of drug-likeness (QED) is 0.0222. The molecule has 0 heterocycles. The largest absolute Gasteiger partial charge is 0.472 e. The first kappa shape index (κ1) is 99.1. The zero-order valence-electron chi connectivity index (χ0n) is 66.2. The van der Waals surface area contributed by atoms with E-state index in [4.69, 9.17) is 37.0 Å². The molecule has 19 heteroatoms. The molecule has 3 N–H and O–H groups in total. The summed E-state index contributed by atoms with van der Waals surface area (Å²) in [7, 11) is -9.92. The van der Waals surface area contributed by atoms with Crippen molar-refractivity contribution in [2.45, 2.75) is 452 Å². The molecular weight excluding hydrogens is 1320 g/mol. The molecule has 0 saturated heterocycles. The van der Waals surface area contributed by atoms with Crippen molar-refractivity contribution in [3.8, 4) is 0 Å². The van der Waals surface area contributed by atoms with Crippen molar-refractivity contribution in [1.82, 2.24) is 0 Å². The average Bonchev–Trinajstić information content (AvgIpc) is 0.932. The number of hydrogen-bond acceptors (Lipinski definition) is 15. The molecule has 0 aliphatic heterocycles. The number of hydrogen-bond donors (Lipinski definition) is 3. The van der Waals surface area contributed by atoms with Crippen molar-refractivity contribution in [2.24, 2.45) is 11.8 Å². The molecule has 0 aromatic rings. The molecule has 0 amide bonds. The van der Waals surface area contributed by atoms with E-state index in [2.05, 4.69) is 41.5 Å². The fraction of sp³-hybridized carbons (Fsp3) is 0.951. The molecule has 6 atom stereocenters. The van der Waals surface area contributed by atoms with Crippen LogP contribution in [0.2, 0.25) is 0 Å². The number of phosphoric acid groups is 2. The Bertz CT molecular complexity index is 1940. The highest BCUT2D eigenvalue weighted by molar-refractivity contribution is 7.47. The molecule has 0 aromatic carbocycles. The molecule has 600 valence electrons. The number of rotatable bonds is 81. The third-order valence-electron chi connectivity index (χ3n) is 19.6. The summed E-state index contributed by atoms with van der Waals surface area (Å²) in [5, 5.41) is 10.6. The van der Waals surface area contributed by atoms with Gasteiger partial charge in [-0.2, -0.15) is 0 Å². The van der Waals surface area contributed by atoms with Crippen LogP contribution in [0.5, 0.6) is 0 Å². The molecule has 0 bridgehead atoms. The maximum atomic E-state index is 13.1. The number of ether oxygens (including phenoxy) is 4. The van der Waals surface area contributed by atoms with Crippen LogP contribution in [0, 0.1) is 11.8 Å². The van der Waals surface area contributed by atoms with Crippen LogP contribution in [0.15, 0.2) is 0 Å². The van der Waals surface area contributed by atoms with Crippen LogP contribution in [-0.4, -0.2) is 96.7 Å². The van der Waals surface area contributed by atoms with Crippen molar-refractivity contribution in [3.63, 3.8) is 0 Å². The van der Waals surface area contributed by atoms with Gasteiger partial charge in [0.2, 0.25) is 0 Å². The topological polar surface area (TPSA) is 237 Å². The Hall–Kier alpha value is -1.94. The minimum Gasteiger partial charge on any atom is -0.462 e. The van der Waals surface area contributed by atoms with Gasteiger partial charge in [0.25, 0.3) is 0 Å². The Labute approximate surface area is 619 Å². The molecule has 0 aliphatic carbocycles. The van der Waals surface area contributed by atoms with E-state index in [0.717, 1.165) is 102 Å². The highest BCUT2D eigenvalue weighted by atomic mass is 31.2. The normalized spacial score (nSPS) is 14.2. The predicted molar refractivity (Wildman–Crippen MR) is 414 cm³/mol. The standard InChI is InChI=1S/C82H160O17P2/c1-7-10-12-14-16-18-20-21-22-23-24-25-26-27-32-35-42-48-54-60-66-81(86)98-78(71-93-80(85)65-59-53-47-41-34-31-29-28-30-33-39-45-51-57-63-75(6)9-3)73-97-101(90,91)95-69-76(83)68-94-100(88,89)96-72-77(70-92-79(84)64-58-52-46-40-19-17-15-13-11-8-2)99-82(87)67-61-55-49-43-37-36-38-44-50-56-62-74(4)5/h74-78,83H,7-73H2,1-6H3,(H,88,89)(H,90,91)/t75?,76-,77+,78+/m0/s1. The molecule has 17 nitrogen and oxygen atoms in total. The number of esters is 4. The van der Waals surface area contributed by atoms with E-state index in [0.29, 0.717) is 25.7 Å². The Kier molecular flexibility index (Phi) is 72.2. The van der Waals surface area contributed by atoms with E-state index in [1.54, 1.807) is 0 Å². The first-order valence-corrected chi connectivity index (χ1v) is 45.5. The zero-order chi connectivity index (χ0) is 74.2. The van der Waals surface area contributed by atoms with Gasteiger partial charge in [-0.1, -0.05) is 382 Å². The highest BCUT2D eigenvalue weighted by Crippen LogP contribution is 2.45. The first-order valence-electron chi connectivity index (χ1n) is 42.5. The molecule has 0 spiro atoms. The number of phosphoric ester groups is 2. The molecule has 0 aromatic heterocycles. The summed E-state index contributed by atoms with van der Waals surface area (Å²) >= 11 is 0. The molecule has 0 saturated carbocycles.